The summed E-state index contributed by atoms with van der Waals surface area (Å²) in [6.45, 7) is 29.9. The highest BCUT2D eigenvalue weighted by molar-refractivity contribution is 5.39. The Bertz CT molecular complexity index is 1010. The maximum Gasteiger partial charge on any atom is 0.0875 e. The first-order valence-corrected chi connectivity index (χ1v) is 13.8. The minimum atomic E-state index is -0.381. The predicted molar refractivity (Wildman–Crippen MR) is 156 cm³/mol. The van der Waals surface area contributed by atoms with Crippen molar-refractivity contribution in [2.24, 2.45) is 0 Å². The summed E-state index contributed by atoms with van der Waals surface area (Å²) in [5.74, 6) is 0.793. The van der Waals surface area contributed by atoms with Crippen molar-refractivity contribution in [3.05, 3.63) is 69.8 Å². The summed E-state index contributed by atoms with van der Waals surface area (Å²) in [5, 5.41) is 0. The molecule has 0 N–H and O–H groups in total. The van der Waals surface area contributed by atoms with Crippen molar-refractivity contribution >= 4 is 0 Å². The second-order valence-corrected chi connectivity index (χ2v) is 13.9. The highest BCUT2D eigenvalue weighted by Gasteiger charge is 2.28. The van der Waals surface area contributed by atoms with E-state index in [1.165, 1.54) is 33.4 Å². The molecule has 36 heavy (non-hydrogen) atoms. The third-order valence-corrected chi connectivity index (χ3v) is 7.99. The van der Waals surface area contributed by atoms with Crippen LogP contribution in [0.15, 0.2) is 36.4 Å². The molecule has 0 aromatic heterocycles. The maximum absolute atomic E-state index is 6.71. The van der Waals surface area contributed by atoms with Gasteiger partial charge in [0.2, 0.25) is 0 Å². The van der Waals surface area contributed by atoms with E-state index < -0.39 is 0 Å². The molecular weight excluding hydrogens is 440 g/mol. The zero-order valence-corrected chi connectivity index (χ0v) is 25.8. The average molecular weight is 495 g/mol. The van der Waals surface area contributed by atoms with E-state index in [9.17, 15) is 0 Å². The molecule has 0 aliphatic carbocycles. The fourth-order valence-electron chi connectivity index (χ4n) is 4.30. The van der Waals surface area contributed by atoms with Gasteiger partial charge in [-0.05, 0) is 84.2 Å². The summed E-state index contributed by atoms with van der Waals surface area (Å²) < 4.78 is 12.6. The molecule has 0 fully saturated rings. The molecule has 2 unspecified atom stereocenters. The van der Waals surface area contributed by atoms with Crippen LogP contribution in [0.3, 0.4) is 0 Å². The van der Waals surface area contributed by atoms with Crippen molar-refractivity contribution in [2.45, 2.75) is 130 Å². The van der Waals surface area contributed by atoms with Crippen molar-refractivity contribution in [3.63, 3.8) is 0 Å². The Kier molecular flexibility index (Phi) is 9.34. The summed E-state index contributed by atoms with van der Waals surface area (Å²) >= 11 is 0. The van der Waals surface area contributed by atoms with E-state index in [0.717, 1.165) is 6.42 Å². The van der Waals surface area contributed by atoms with Gasteiger partial charge >= 0.3 is 0 Å². The Morgan fingerprint density at radius 2 is 0.972 bits per heavy atom. The number of benzene rings is 2. The van der Waals surface area contributed by atoms with E-state index in [0.29, 0.717) is 12.5 Å². The minimum Gasteiger partial charge on any atom is -0.374 e. The Hall–Kier alpha value is -1.64. The van der Waals surface area contributed by atoms with Crippen LogP contribution >= 0.6 is 0 Å². The Morgan fingerprint density at radius 3 is 1.36 bits per heavy atom. The SMILES string of the molecule is CCC(C)c1cc(C(C)(C)C)cc(C(C)(C)OCC(C)c2cc(C(C)(C)C)cc(C(C)(C)OC)c2)c1. The van der Waals surface area contributed by atoms with Crippen molar-refractivity contribution in [1.29, 1.82) is 0 Å². The standard InChI is InChI=1S/C34H54O2/c1-15-23(2)25-16-27(31(4,5)6)21-30(18-25)34(12,13)36-22-24(3)26-17-28(32(7,8)9)20-29(19-26)33(10,11)35-14/h16-21,23-24H,15,22H2,1-14H3. The summed E-state index contributed by atoms with van der Waals surface area (Å²) in [4.78, 5) is 0. The topological polar surface area (TPSA) is 18.5 Å². The molecule has 2 nitrogen and oxygen atoms in total. The quantitative estimate of drug-likeness (QED) is 0.345. The highest BCUT2D eigenvalue weighted by Crippen LogP contribution is 2.36. The molecule has 2 rings (SSSR count). The van der Waals surface area contributed by atoms with Crippen LogP contribution in [0, 0.1) is 0 Å². The van der Waals surface area contributed by atoms with Gasteiger partial charge in [-0.15, -0.1) is 0 Å². The fourth-order valence-corrected chi connectivity index (χ4v) is 4.30. The zero-order valence-electron chi connectivity index (χ0n) is 25.8. The molecule has 0 saturated carbocycles. The van der Waals surface area contributed by atoms with E-state index in [4.69, 9.17) is 9.47 Å². The molecule has 0 aliphatic heterocycles. The monoisotopic (exact) mass is 494 g/mol. The Labute approximate surface area is 223 Å². The molecule has 0 saturated heterocycles. The molecule has 0 aliphatic rings. The largest absolute Gasteiger partial charge is 0.374 e. The molecule has 0 amide bonds. The zero-order chi connectivity index (χ0) is 27.7. The lowest BCUT2D eigenvalue weighted by Gasteiger charge is -2.32. The van der Waals surface area contributed by atoms with E-state index in [2.05, 4.69) is 126 Å². The number of ether oxygens (including phenoxy) is 2. The molecule has 2 aromatic rings. The van der Waals surface area contributed by atoms with E-state index in [1.807, 2.05) is 0 Å². The summed E-state index contributed by atoms with van der Waals surface area (Å²) in [5.41, 5.74) is 7.36. The molecule has 2 aromatic carbocycles. The molecule has 0 radical (unpaired) electrons. The third-order valence-electron chi connectivity index (χ3n) is 7.99. The lowest BCUT2D eigenvalue weighted by atomic mass is 9.80. The summed E-state index contributed by atoms with van der Waals surface area (Å²) in [6, 6.07) is 14.1. The van der Waals surface area contributed by atoms with Gasteiger partial charge in [-0.2, -0.15) is 0 Å². The lowest BCUT2D eigenvalue weighted by molar-refractivity contribution is -0.0276. The van der Waals surface area contributed by atoms with Gasteiger partial charge in [-0.1, -0.05) is 98.7 Å². The first-order valence-electron chi connectivity index (χ1n) is 13.8. The van der Waals surface area contributed by atoms with Crippen LogP contribution in [0.25, 0.3) is 0 Å². The van der Waals surface area contributed by atoms with Crippen LogP contribution in [-0.2, 0) is 31.5 Å². The second-order valence-electron chi connectivity index (χ2n) is 13.9. The van der Waals surface area contributed by atoms with Crippen LogP contribution in [0.4, 0.5) is 0 Å². The van der Waals surface area contributed by atoms with Gasteiger partial charge in [0.05, 0.1) is 17.8 Å². The van der Waals surface area contributed by atoms with E-state index in [-0.39, 0.29) is 27.9 Å². The molecule has 2 heteroatoms. The van der Waals surface area contributed by atoms with Gasteiger partial charge in [0.15, 0.2) is 0 Å². The molecule has 0 spiro atoms. The number of rotatable bonds is 9. The normalized spacial score (nSPS) is 15.2. The van der Waals surface area contributed by atoms with Gasteiger partial charge in [0, 0.05) is 13.0 Å². The molecular formula is C34H54O2. The molecule has 0 bridgehead atoms. The third kappa shape index (κ3) is 7.45. The van der Waals surface area contributed by atoms with Crippen molar-refractivity contribution in [3.8, 4) is 0 Å². The van der Waals surface area contributed by atoms with Crippen LogP contribution in [-0.4, -0.2) is 13.7 Å². The average Bonchev–Trinajstić information content (AvgIpc) is 2.80. The van der Waals surface area contributed by atoms with Crippen LogP contribution in [0.5, 0.6) is 0 Å². The first-order chi connectivity index (χ1) is 16.3. The van der Waals surface area contributed by atoms with E-state index in [1.54, 1.807) is 7.11 Å². The van der Waals surface area contributed by atoms with Crippen LogP contribution in [0.1, 0.15) is 142 Å². The van der Waals surface area contributed by atoms with Gasteiger partial charge in [-0.3, -0.25) is 0 Å². The molecule has 0 heterocycles. The van der Waals surface area contributed by atoms with Crippen LogP contribution < -0.4 is 0 Å². The fraction of sp³-hybridized carbons (Fsp3) is 0.647. The molecule has 2 atom stereocenters. The molecule has 202 valence electrons. The minimum absolute atomic E-state index is 0.0637. The van der Waals surface area contributed by atoms with Crippen molar-refractivity contribution in [1.82, 2.24) is 0 Å². The van der Waals surface area contributed by atoms with Crippen LogP contribution in [0.2, 0.25) is 0 Å². The van der Waals surface area contributed by atoms with Crippen molar-refractivity contribution < 1.29 is 9.47 Å². The van der Waals surface area contributed by atoms with Crippen molar-refractivity contribution in [2.75, 3.05) is 13.7 Å². The Morgan fingerprint density at radius 1 is 0.583 bits per heavy atom. The number of methoxy groups -OCH3 is 1. The Balaban J connectivity index is 2.40. The summed E-state index contributed by atoms with van der Waals surface area (Å²) in [6.07, 6.45) is 1.13. The highest BCUT2D eigenvalue weighted by atomic mass is 16.5. The summed E-state index contributed by atoms with van der Waals surface area (Å²) in [7, 11) is 1.79. The second kappa shape index (κ2) is 11.0. The lowest BCUT2D eigenvalue weighted by Crippen LogP contribution is -2.26. The van der Waals surface area contributed by atoms with Gasteiger partial charge in [-0.25, -0.2) is 0 Å². The smallest absolute Gasteiger partial charge is 0.0875 e. The van der Waals surface area contributed by atoms with E-state index >= 15 is 0 Å². The predicted octanol–water partition coefficient (Wildman–Crippen LogP) is 9.73. The number of hydrogen-bond acceptors (Lipinski definition) is 2. The van der Waals surface area contributed by atoms with Gasteiger partial charge < -0.3 is 9.47 Å². The number of hydrogen-bond donors (Lipinski definition) is 0. The van der Waals surface area contributed by atoms with Gasteiger partial charge in [0.1, 0.15) is 0 Å². The first kappa shape index (κ1) is 30.6. The maximum atomic E-state index is 6.71. The van der Waals surface area contributed by atoms with Gasteiger partial charge in [0.25, 0.3) is 0 Å².